The molecule has 7 heteroatoms. The Bertz CT molecular complexity index is 1340. The Morgan fingerprint density at radius 3 is 2.16 bits per heavy atom. The molecular weight excluding hydrogens is 509 g/mol. The molecule has 0 N–H and O–H groups in total. The molecule has 0 spiro atoms. The predicted molar refractivity (Wildman–Crippen MR) is 138 cm³/mol. The molecule has 0 bridgehead atoms. The van der Waals surface area contributed by atoms with Gasteiger partial charge < -0.3 is 14.6 Å². The summed E-state index contributed by atoms with van der Waals surface area (Å²) in [6.45, 7) is 0.510. The van der Waals surface area contributed by atoms with Crippen LogP contribution in [0.3, 0.4) is 0 Å². The summed E-state index contributed by atoms with van der Waals surface area (Å²) in [6.07, 6.45) is 6.64. The second-order valence-electron chi connectivity index (χ2n) is 9.12. The zero-order valence-electron chi connectivity index (χ0n) is 20.8. The van der Waals surface area contributed by atoms with Gasteiger partial charge in [0.2, 0.25) is 5.78 Å². The van der Waals surface area contributed by atoms with E-state index in [-0.39, 0.29) is 62.7 Å². The van der Waals surface area contributed by atoms with Crippen molar-refractivity contribution in [1.29, 1.82) is 0 Å². The van der Waals surface area contributed by atoms with Crippen LogP contribution in [0.2, 0.25) is 0 Å². The van der Waals surface area contributed by atoms with Crippen LogP contribution in [0.25, 0.3) is 11.3 Å². The first-order valence-electron chi connectivity index (χ1n) is 12.2. The van der Waals surface area contributed by atoms with Gasteiger partial charge in [-0.25, -0.2) is 4.98 Å². The van der Waals surface area contributed by atoms with Gasteiger partial charge in [0.25, 0.3) is 0 Å². The maximum absolute atomic E-state index is 12.7. The van der Waals surface area contributed by atoms with Crippen LogP contribution >= 0.6 is 11.3 Å². The average molecular weight is 536 g/mol. The number of ketones is 1. The number of rotatable bonds is 8. The molecule has 4 aromatic rings. The Balaban J connectivity index is 0.00000320. The second-order valence-corrected chi connectivity index (χ2v) is 9.98. The van der Waals surface area contributed by atoms with Gasteiger partial charge in [0, 0.05) is 16.5 Å². The second kappa shape index (κ2) is 13.1. The number of carboxylic acids is 1. The van der Waals surface area contributed by atoms with Gasteiger partial charge in [-0.15, -0.1) is 11.3 Å². The Kier molecular flexibility index (Phi) is 9.87. The number of carboxylic acid groups (broad SMARTS) is 1. The van der Waals surface area contributed by atoms with Gasteiger partial charge in [0.15, 0.2) is 5.01 Å². The SMILES string of the molecule is O=C([O-])c1ccc(C(=O)c2nc(-c3ccc(OCc4ccc(C5CCCCC5)cc4)cc3)cs2)cc1.[K+]. The summed E-state index contributed by atoms with van der Waals surface area (Å²) in [5.41, 5.74) is 4.61. The van der Waals surface area contributed by atoms with E-state index in [0.29, 0.717) is 28.8 Å². The zero-order valence-corrected chi connectivity index (χ0v) is 24.8. The first-order valence-corrected chi connectivity index (χ1v) is 13.1. The molecule has 1 aliphatic carbocycles. The van der Waals surface area contributed by atoms with Crippen LogP contribution in [0, 0.1) is 0 Å². The van der Waals surface area contributed by atoms with E-state index >= 15 is 0 Å². The minimum atomic E-state index is -1.27. The van der Waals surface area contributed by atoms with Crippen LogP contribution in [0.1, 0.15) is 74.9 Å². The van der Waals surface area contributed by atoms with E-state index < -0.39 is 5.97 Å². The van der Waals surface area contributed by atoms with Crippen LogP contribution in [0.4, 0.5) is 0 Å². The summed E-state index contributed by atoms with van der Waals surface area (Å²) in [6, 6.07) is 22.2. The first kappa shape index (κ1) is 27.9. The van der Waals surface area contributed by atoms with Gasteiger partial charge >= 0.3 is 51.4 Å². The van der Waals surface area contributed by atoms with E-state index in [2.05, 4.69) is 29.2 Å². The van der Waals surface area contributed by atoms with E-state index in [1.54, 1.807) is 0 Å². The number of thiazole rings is 1. The summed E-state index contributed by atoms with van der Waals surface area (Å²) >= 11 is 1.26. The molecule has 5 nitrogen and oxygen atoms in total. The Labute approximate surface area is 263 Å². The molecule has 1 aromatic heterocycles. The van der Waals surface area contributed by atoms with Gasteiger partial charge in [0.05, 0.1) is 11.7 Å². The molecule has 1 saturated carbocycles. The maximum atomic E-state index is 12.7. The van der Waals surface area contributed by atoms with Crippen molar-refractivity contribution < 1.29 is 70.8 Å². The fourth-order valence-electron chi connectivity index (χ4n) is 4.60. The van der Waals surface area contributed by atoms with Crippen LogP contribution < -0.4 is 61.2 Å². The van der Waals surface area contributed by atoms with Crippen LogP contribution in [0.15, 0.2) is 78.2 Å². The number of nitrogens with zero attached hydrogens (tertiary/aromatic N) is 1. The molecule has 1 fully saturated rings. The van der Waals surface area contributed by atoms with Crippen molar-refractivity contribution >= 4 is 23.1 Å². The van der Waals surface area contributed by atoms with Gasteiger partial charge in [-0.05, 0) is 59.7 Å². The van der Waals surface area contributed by atoms with Gasteiger partial charge in [0.1, 0.15) is 12.4 Å². The summed E-state index contributed by atoms with van der Waals surface area (Å²) in [5.74, 6) is -0.0383. The van der Waals surface area contributed by atoms with Crippen LogP contribution in [-0.4, -0.2) is 16.7 Å². The Morgan fingerprint density at radius 2 is 1.51 bits per heavy atom. The zero-order chi connectivity index (χ0) is 24.9. The molecule has 1 heterocycles. The topological polar surface area (TPSA) is 79.3 Å². The Morgan fingerprint density at radius 1 is 0.865 bits per heavy atom. The molecule has 1 aliphatic rings. The smallest absolute Gasteiger partial charge is 0.545 e. The quantitative estimate of drug-likeness (QED) is 0.256. The van der Waals surface area contributed by atoms with Gasteiger partial charge in [-0.3, -0.25) is 4.79 Å². The van der Waals surface area contributed by atoms with Crippen molar-refractivity contribution in [3.8, 4) is 17.0 Å². The molecular formula is C30H26KNO4S. The summed E-state index contributed by atoms with van der Waals surface area (Å²) in [5, 5.41) is 13.1. The largest absolute Gasteiger partial charge is 1.00 e. The molecule has 182 valence electrons. The number of benzene rings is 3. The number of carbonyl (C=O) groups is 2. The van der Waals surface area contributed by atoms with E-state index in [1.165, 1.54) is 73.3 Å². The van der Waals surface area contributed by atoms with E-state index in [1.807, 2.05) is 29.6 Å². The van der Waals surface area contributed by atoms with Crippen molar-refractivity contribution in [2.24, 2.45) is 0 Å². The fourth-order valence-corrected chi connectivity index (χ4v) is 5.39. The van der Waals surface area contributed by atoms with Crippen molar-refractivity contribution in [3.63, 3.8) is 0 Å². The predicted octanol–water partition coefficient (Wildman–Crippen LogP) is 3.04. The molecule has 37 heavy (non-hydrogen) atoms. The molecule has 0 aliphatic heterocycles. The minimum absolute atomic E-state index is 0. The number of hydrogen-bond acceptors (Lipinski definition) is 6. The van der Waals surface area contributed by atoms with Crippen LogP contribution in [0.5, 0.6) is 5.75 Å². The number of aromatic nitrogens is 1. The number of aromatic carboxylic acids is 1. The van der Waals surface area contributed by atoms with Crippen molar-refractivity contribution in [3.05, 3.63) is 105 Å². The standard InChI is InChI=1S/C30H27NO4S.K/c32-28(24-10-12-25(13-11-24)30(33)34)29-31-27(19-36-29)23-14-16-26(17-15-23)35-18-20-6-8-22(9-7-20)21-4-2-1-3-5-21;/h6-17,19,21H,1-5,18H2,(H,33,34);/q;+1/p-1. The molecule has 0 amide bonds. The third kappa shape index (κ3) is 7.05. The van der Waals surface area contributed by atoms with Gasteiger partial charge in [-0.2, -0.15) is 0 Å². The van der Waals surface area contributed by atoms with Crippen molar-refractivity contribution in [2.75, 3.05) is 0 Å². The monoisotopic (exact) mass is 535 g/mol. The average Bonchev–Trinajstić information content (AvgIpc) is 3.43. The maximum Gasteiger partial charge on any atom is 1.00 e. The van der Waals surface area contributed by atoms with E-state index in [0.717, 1.165) is 16.9 Å². The summed E-state index contributed by atoms with van der Waals surface area (Å²) < 4.78 is 5.98. The van der Waals surface area contributed by atoms with E-state index in [4.69, 9.17) is 4.74 Å². The summed E-state index contributed by atoms with van der Waals surface area (Å²) in [7, 11) is 0. The third-order valence-electron chi connectivity index (χ3n) is 6.69. The number of hydrogen-bond donors (Lipinski definition) is 0. The fraction of sp³-hybridized carbons (Fsp3) is 0.233. The molecule has 5 rings (SSSR count). The normalized spacial score (nSPS) is 13.5. The van der Waals surface area contributed by atoms with Crippen molar-refractivity contribution in [1.82, 2.24) is 4.98 Å². The molecule has 0 radical (unpaired) electrons. The molecule has 3 aromatic carbocycles. The number of ether oxygens (including phenoxy) is 1. The molecule has 0 saturated heterocycles. The Hall–Kier alpha value is -2.13. The van der Waals surface area contributed by atoms with E-state index in [9.17, 15) is 14.7 Å². The molecule has 0 unspecified atom stereocenters. The summed E-state index contributed by atoms with van der Waals surface area (Å²) in [4.78, 5) is 28.1. The van der Waals surface area contributed by atoms with Crippen LogP contribution in [-0.2, 0) is 6.61 Å². The third-order valence-corrected chi connectivity index (χ3v) is 7.53. The molecule has 0 atom stereocenters. The minimum Gasteiger partial charge on any atom is -0.545 e. The van der Waals surface area contributed by atoms with Crippen molar-refractivity contribution in [2.45, 2.75) is 44.6 Å². The van der Waals surface area contributed by atoms with Gasteiger partial charge in [-0.1, -0.05) is 67.8 Å². The first-order chi connectivity index (χ1) is 17.6. The number of carbonyl (C=O) groups excluding carboxylic acids is 2.